The summed E-state index contributed by atoms with van der Waals surface area (Å²) < 4.78 is 1.70. The highest BCUT2D eigenvalue weighted by Crippen LogP contribution is 2.55. The van der Waals surface area contributed by atoms with Crippen molar-refractivity contribution in [2.75, 3.05) is 36.4 Å². The molecule has 2 aromatic heterocycles. The second-order valence-electron chi connectivity index (χ2n) is 9.73. The molecule has 2 saturated heterocycles. The van der Waals surface area contributed by atoms with Gasteiger partial charge in [-0.3, -0.25) is 9.48 Å². The third-order valence-corrected chi connectivity index (χ3v) is 7.53. The molecule has 9 nitrogen and oxygen atoms in total. The first-order chi connectivity index (χ1) is 14.7. The van der Waals surface area contributed by atoms with Crippen LogP contribution in [0.2, 0.25) is 5.02 Å². The fourth-order valence-electron chi connectivity index (χ4n) is 5.01. The summed E-state index contributed by atoms with van der Waals surface area (Å²) in [6.07, 6.45) is 6.53. The molecule has 0 bridgehead atoms. The van der Waals surface area contributed by atoms with Crippen LogP contribution in [0.5, 0.6) is 0 Å². The van der Waals surface area contributed by atoms with Crippen LogP contribution < -0.4 is 10.2 Å². The molecule has 1 aliphatic carbocycles. The largest absolute Gasteiger partial charge is 0.354 e. The molecule has 1 saturated carbocycles. The summed E-state index contributed by atoms with van der Waals surface area (Å²) in [5.74, 6) is 1.15. The van der Waals surface area contributed by atoms with Crippen molar-refractivity contribution in [1.82, 2.24) is 24.6 Å². The molecule has 2 aliphatic heterocycles. The van der Waals surface area contributed by atoms with Gasteiger partial charge in [0, 0.05) is 50.3 Å². The summed E-state index contributed by atoms with van der Waals surface area (Å²) in [5, 5.41) is 17.2. The van der Waals surface area contributed by atoms with Crippen LogP contribution in [-0.2, 0) is 11.8 Å². The van der Waals surface area contributed by atoms with Gasteiger partial charge in [-0.15, -0.1) is 0 Å². The number of aryl methyl sites for hydroxylation is 1. The number of carbonyl (C=O) groups excluding carboxylic acids is 1. The second kappa shape index (κ2) is 6.57. The Bertz CT molecular complexity index is 1090. The van der Waals surface area contributed by atoms with Gasteiger partial charge < -0.3 is 15.1 Å². The third kappa shape index (κ3) is 3.12. The number of aromatic nitrogens is 4. The average molecular weight is 441 g/mol. The minimum atomic E-state index is -0.770. The molecule has 2 aromatic rings. The van der Waals surface area contributed by atoms with Crippen molar-refractivity contribution in [3.63, 3.8) is 0 Å². The number of rotatable bonds is 4. The van der Waals surface area contributed by atoms with E-state index in [1.54, 1.807) is 17.1 Å². The molecule has 10 heteroatoms. The maximum atomic E-state index is 12.9. The average Bonchev–Trinajstić information content (AvgIpc) is 3.26. The van der Waals surface area contributed by atoms with Crippen LogP contribution in [0.3, 0.4) is 0 Å². The highest BCUT2D eigenvalue weighted by molar-refractivity contribution is 6.32. The first kappa shape index (κ1) is 20.1. The quantitative estimate of drug-likeness (QED) is 0.779. The summed E-state index contributed by atoms with van der Waals surface area (Å²) >= 11 is 6.49. The van der Waals surface area contributed by atoms with E-state index in [0.29, 0.717) is 42.7 Å². The van der Waals surface area contributed by atoms with E-state index in [1.165, 1.54) is 0 Å². The maximum Gasteiger partial charge on any atom is 0.243 e. The molecule has 1 N–H and O–H groups in total. The normalized spacial score (nSPS) is 28.4. The Kier molecular flexibility index (Phi) is 4.25. The number of carbonyl (C=O) groups is 1. The van der Waals surface area contributed by atoms with Gasteiger partial charge >= 0.3 is 0 Å². The Hall–Kier alpha value is -2.86. The van der Waals surface area contributed by atoms with E-state index in [2.05, 4.69) is 45.2 Å². The number of fused-ring (bicyclic) bond motifs is 1. The summed E-state index contributed by atoms with van der Waals surface area (Å²) in [5.41, 5.74) is -0.194. The number of nitriles is 1. The number of likely N-dealkylation sites (tertiary alicyclic amines) is 1. The van der Waals surface area contributed by atoms with Crippen LogP contribution in [0.25, 0.3) is 0 Å². The molecular formula is C21H25ClN8O. The molecule has 5 rings (SSSR count). The van der Waals surface area contributed by atoms with Crippen LogP contribution >= 0.6 is 11.6 Å². The predicted octanol–water partition coefficient (Wildman–Crippen LogP) is 2.59. The van der Waals surface area contributed by atoms with Crippen molar-refractivity contribution in [1.29, 1.82) is 5.26 Å². The number of anilines is 3. The summed E-state index contributed by atoms with van der Waals surface area (Å²) in [6.45, 7) is 7.19. The Morgan fingerprint density at radius 3 is 2.42 bits per heavy atom. The molecule has 1 amide bonds. The Morgan fingerprint density at radius 1 is 1.19 bits per heavy atom. The highest BCUT2D eigenvalue weighted by atomic mass is 35.5. The number of hydrogen-bond acceptors (Lipinski definition) is 7. The van der Waals surface area contributed by atoms with Crippen LogP contribution in [-0.4, -0.2) is 56.7 Å². The van der Waals surface area contributed by atoms with Gasteiger partial charge in [0.15, 0.2) is 5.82 Å². The molecule has 2 atom stereocenters. The van der Waals surface area contributed by atoms with Crippen LogP contribution in [0.1, 0.15) is 26.7 Å². The Labute approximate surface area is 186 Å². The van der Waals surface area contributed by atoms with E-state index < -0.39 is 5.41 Å². The predicted molar refractivity (Wildman–Crippen MR) is 116 cm³/mol. The second-order valence-corrected chi connectivity index (χ2v) is 10.1. The molecule has 0 aromatic carbocycles. The van der Waals surface area contributed by atoms with E-state index in [9.17, 15) is 10.1 Å². The maximum absolute atomic E-state index is 12.9. The first-order valence-electron chi connectivity index (χ1n) is 10.4. The van der Waals surface area contributed by atoms with E-state index in [1.807, 2.05) is 18.1 Å². The first-order valence-corrected chi connectivity index (χ1v) is 10.8. The van der Waals surface area contributed by atoms with Crippen LogP contribution in [0.4, 0.5) is 17.5 Å². The van der Waals surface area contributed by atoms with E-state index in [0.717, 1.165) is 18.8 Å². The van der Waals surface area contributed by atoms with Crippen LogP contribution in [0.15, 0.2) is 18.6 Å². The molecule has 3 aliphatic rings. The van der Waals surface area contributed by atoms with Gasteiger partial charge in [0.05, 0.1) is 24.2 Å². The Balaban J connectivity index is 1.36. The van der Waals surface area contributed by atoms with Crippen molar-refractivity contribution >= 4 is 35.0 Å². The fourth-order valence-corrected chi connectivity index (χ4v) is 5.22. The molecular weight excluding hydrogens is 416 g/mol. The topological polar surface area (TPSA) is 103 Å². The number of nitrogens with zero attached hydrogens (tertiary/aromatic N) is 7. The lowest BCUT2D eigenvalue weighted by Crippen LogP contribution is -2.39. The van der Waals surface area contributed by atoms with Gasteiger partial charge in [0.25, 0.3) is 0 Å². The Morgan fingerprint density at radius 2 is 1.87 bits per heavy atom. The minimum Gasteiger partial charge on any atom is -0.354 e. The number of nitrogens with one attached hydrogen (secondary N) is 1. The van der Waals surface area contributed by atoms with Crippen molar-refractivity contribution in [2.45, 2.75) is 26.7 Å². The number of halogens is 1. The molecule has 0 radical (unpaired) electrons. The van der Waals surface area contributed by atoms with Crippen molar-refractivity contribution in [3.8, 4) is 6.07 Å². The number of amides is 1. The summed E-state index contributed by atoms with van der Waals surface area (Å²) in [7, 11) is 1.85. The van der Waals surface area contributed by atoms with Gasteiger partial charge in [0.2, 0.25) is 11.9 Å². The van der Waals surface area contributed by atoms with E-state index in [4.69, 9.17) is 11.6 Å². The molecule has 4 heterocycles. The zero-order valence-electron chi connectivity index (χ0n) is 17.9. The number of hydrogen-bond donors (Lipinski definition) is 1. The smallest absolute Gasteiger partial charge is 0.243 e. The van der Waals surface area contributed by atoms with Gasteiger partial charge in [-0.1, -0.05) is 25.4 Å². The van der Waals surface area contributed by atoms with Crippen molar-refractivity contribution in [3.05, 3.63) is 23.6 Å². The van der Waals surface area contributed by atoms with Crippen molar-refractivity contribution < 1.29 is 4.79 Å². The summed E-state index contributed by atoms with van der Waals surface area (Å²) in [6, 6.07) is 2.24. The fraction of sp³-hybridized carbons (Fsp3) is 0.571. The standard InChI is InChI=1S/C21H25ClN8O/c1-19-10-29(11-20(19,2)13-30(12-19)17(31)21(9-23)4-5-21)16-15(22)7-24-18(27-16)26-14-6-25-28(3)8-14/h6-8H,4-5,10-13H2,1-3H3,(H,24,26,27)/t19-,20+. The summed E-state index contributed by atoms with van der Waals surface area (Å²) in [4.78, 5) is 26.0. The molecule has 0 spiro atoms. The minimum absolute atomic E-state index is 0.00132. The zero-order chi connectivity index (χ0) is 22.0. The van der Waals surface area contributed by atoms with E-state index in [-0.39, 0.29) is 16.7 Å². The molecule has 31 heavy (non-hydrogen) atoms. The van der Waals surface area contributed by atoms with Gasteiger partial charge in [0.1, 0.15) is 10.4 Å². The SMILES string of the molecule is Cn1cc(Nc2ncc(Cl)c(N3C[C@]4(C)CN(C(=O)C5(C#N)CC5)C[C@]4(C)C3)n2)cn1. The lowest BCUT2D eigenvalue weighted by atomic mass is 9.71. The third-order valence-electron chi connectivity index (χ3n) is 7.26. The highest BCUT2D eigenvalue weighted by Gasteiger charge is 2.62. The lowest BCUT2D eigenvalue weighted by molar-refractivity contribution is -0.134. The molecule has 162 valence electrons. The monoisotopic (exact) mass is 440 g/mol. The van der Waals surface area contributed by atoms with Gasteiger partial charge in [-0.25, -0.2) is 4.98 Å². The lowest BCUT2D eigenvalue weighted by Gasteiger charge is -2.29. The van der Waals surface area contributed by atoms with E-state index >= 15 is 0 Å². The van der Waals surface area contributed by atoms with Gasteiger partial charge in [-0.2, -0.15) is 15.3 Å². The molecule has 3 fully saturated rings. The van der Waals surface area contributed by atoms with Crippen LogP contribution in [0, 0.1) is 27.6 Å². The van der Waals surface area contributed by atoms with Crippen molar-refractivity contribution in [2.24, 2.45) is 23.3 Å². The van der Waals surface area contributed by atoms with Gasteiger partial charge in [-0.05, 0) is 12.8 Å². The molecule has 0 unspecified atom stereocenters. The zero-order valence-corrected chi connectivity index (χ0v) is 18.6.